The smallest absolute Gasteiger partial charge is 0.182 e. The quantitative estimate of drug-likeness (QED) is 0.566. The fourth-order valence-electron chi connectivity index (χ4n) is 2.59. The number of imidazole rings is 1. The van der Waals surface area contributed by atoms with Gasteiger partial charge in [-0.15, -0.1) is 0 Å². The number of rotatable bonds is 3. The zero-order valence-electron chi connectivity index (χ0n) is 12.8. The SMILES string of the molecule is Cc1nc(Br)n(-c2ccc(F)cc2Cl)c1C(O)c1ccc(F)cc1Cl. The van der Waals surface area contributed by atoms with Crippen molar-refractivity contribution in [1.29, 1.82) is 0 Å². The van der Waals surface area contributed by atoms with Crippen molar-refractivity contribution in [2.24, 2.45) is 0 Å². The number of aryl methyl sites for hydroxylation is 1. The molecule has 3 rings (SSSR count). The van der Waals surface area contributed by atoms with Crippen LogP contribution >= 0.6 is 39.1 Å². The Morgan fingerprint density at radius 3 is 2.28 bits per heavy atom. The van der Waals surface area contributed by atoms with E-state index in [1.54, 1.807) is 11.5 Å². The van der Waals surface area contributed by atoms with Gasteiger partial charge < -0.3 is 5.11 Å². The van der Waals surface area contributed by atoms with Gasteiger partial charge in [0.05, 0.1) is 22.1 Å². The van der Waals surface area contributed by atoms with Gasteiger partial charge in [-0.1, -0.05) is 29.3 Å². The molecule has 0 fully saturated rings. The van der Waals surface area contributed by atoms with E-state index >= 15 is 0 Å². The van der Waals surface area contributed by atoms with Crippen molar-refractivity contribution in [3.63, 3.8) is 0 Å². The van der Waals surface area contributed by atoms with Crippen LogP contribution in [-0.2, 0) is 0 Å². The average Bonchev–Trinajstić information content (AvgIpc) is 2.81. The molecule has 2 aromatic carbocycles. The first-order valence-corrected chi connectivity index (χ1v) is 8.67. The summed E-state index contributed by atoms with van der Waals surface area (Å²) in [5.74, 6) is -0.987. The van der Waals surface area contributed by atoms with Gasteiger partial charge in [0.1, 0.15) is 17.7 Å². The lowest BCUT2D eigenvalue weighted by atomic mass is 10.0. The summed E-state index contributed by atoms with van der Waals surface area (Å²) in [6.07, 6.45) is -1.19. The lowest BCUT2D eigenvalue weighted by molar-refractivity contribution is 0.212. The van der Waals surface area contributed by atoms with Crippen LogP contribution in [0.25, 0.3) is 5.69 Å². The third-order valence-electron chi connectivity index (χ3n) is 3.72. The highest BCUT2D eigenvalue weighted by atomic mass is 79.9. The molecule has 25 heavy (non-hydrogen) atoms. The summed E-state index contributed by atoms with van der Waals surface area (Å²) < 4.78 is 28.6. The van der Waals surface area contributed by atoms with Crippen LogP contribution in [0, 0.1) is 18.6 Å². The highest BCUT2D eigenvalue weighted by Crippen LogP contribution is 2.36. The van der Waals surface area contributed by atoms with E-state index in [1.807, 2.05) is 0 Å². The molecule has 130 valence electrons. The molecular weight excluding hydrogens is 437 g/mol. The molecule has 0 aliphatic rings. The maximum atomic E-state index is 13.4. The third kappa shape index (κ3) is 3.44. The lowest BCUT2D eigenvalue weighted by Gasteiger charge is -2.18. The molecule has 0 aliphatic heterocycles. The Hall–Kier alpha value is -1.47. The van der Waals surface area contributed by atoms with Crippen LogP contribution in [0.5, 0.6) is 0 Å². The Morgan fingerprint density at radius 1 is 1.08 bits per heavy atom. The van der Waals surface area contributed by atoms with Crippen molar-refractivity contribution in [3.05, 3.63) is 79.8 Å². The van der Waals surface area contributed by atoms with Gasteiger partial charge in [-0.2, -0.15) is 0 Å². The fraction of sp³-hybridized carbons (Fsp3) is 0.118. The van der Waals surface area contributed by atoms with Crippen molar-refractivity contribution in [2.45, 2.75) is 13.0 Å². The van der Waals surface area contributed by atoms with Gasteiger partial charge >= 0.3 is 0 Å². The molecule has 3 aromatic rings. The minimum absolute atomic E-state index is 0.0842. The molecule has 0 amide bonds. The molecule has 1 aromatic heterocycles. The van der Waals surface area contributed by atoms with E-state index < -0.39 is 17.7 Å². The summed E-state index contributed by atoms with van der Waals surface area (Å²) >= 11 is 15.5. The summed E-state index contributed by atoms with van der Waals surface area (Å²) in [5, 5.41) is 11.1. The molecule has 0 saturated heterocycles. The number of nitrogens with zero attached hydrogens (tertiary/aromatic N) is 2. The van der Waals surface area contributed by atoms with E-state index in [9.17, 15) is 13.9 Å². The van der Waals surface area contributed by atoms with Crippen molar-refractivity contribution in [3.8, 4) is 5.69 Å². The Balaban J connectivity index is 2.20. The predicted molar refractivity (Wildman–Crippen MR) is 96.4 cm³/mol. The average molecular weight is 448 g/mol. The van der Waals surface area contributed by atoms with Gasteiger partial charge in [-0.05, 0) is 53.2 Å². The molecule has 3 nitrogen and oxygen atoms in total. The highest BCUT2D eigenvalue weighted by molar-refractivity contribution is 9.10. The Morgan fingerprint density at radius 2 is 1.68 bits per heavy atom. The minimum atomic E-state index is -1.19. The van der Waals surface area contributed by atoms with E-state index in [2.05, 4.69) is 20.9 Å². The number of hydrogen-bond acceptors (Lipinski definition) is 2. The second-order valence-electron chi connectivity index (χ2n) is 5.35. The monoisotopic (exact) mass is 446 g/mol. The summed E-state index contributed by atoms with van der Waals surface area (Å²) in [4.78, 5) is 4.29. The number of hydrogen-bond donors (Lipinski definition) is 1. The number of aliphatic hydroxyl groups is 1. The Bertz CT molecular complexity index is 962. The van der Waals surface area contributed by atoms with Crippen molar-refractivity contribution in [1.82, 2.24) is 9.55 Å². The zero-order chi connectivity index (χ0) is 18.3. The first-order valence-electron chi connectivity index (χ1n) is 7.12. The number of aliphatic hydroxyl groups excluding tert-OH is 1. The largest absolute Gasteiger partial charge is 0.382 e. The number of aromatic nitrogens is 2. The lowest BCUT2D eigenvalue weighted by Crippen LogP contribution is -2.10. The summed E-state index contributed by atoms with van der Waals surface area (Å²) in [5.41, 5.74) is 1.65. The molecule has 0 bridgehead atoms. The molecule has 0 spiro atoms. The molecular formula is C17H11BrCl2F2N2O. The van der Waals surface area contributed by atoms with Crippen LogP contribution in [0.1, 0.15) is 23.1 Å². The molecule has 1 N–H and O–H groups in total. The van der Waals surface area contributed by atoms with Gasteiger partial charge in [0, 0.05) is 10.6 Å². The van der Waals surface area contributed by atoms with E-state index in [0.29, 0.717) is 27.4 Å². The molecule has 1 unspecified atom stereocenters. The Labute approximate surface area is 161 Å². The van der Waals surface area contributed by atoms with Crippen LogP contribution in [0.15, 0.2) is 41.1 Å². The van der Waals surface area contributed by atoms with Crippen LogP contribution in [0.2, 0.25) is 10.0 Å². The fourth-order valence-corrected chi connectivity index (χ4v) is 3.76. The van der Waals surface area contributed by atoms with Crippen molar-refractivity contribution < 1.29 is 13.9 Å². The topological polar surface area (TPSA) is 38.0 Å². The highest BCUT2D eigenvalue weighted by Gasteiger charge is 2.25. The molecule has 0 radical (unpaired) electrons. The first-order chi connectivity index (χ1) is 11.8. The second kappa shape index (κ2) is 7.03. The van der Waals surface area contributed by atoms with Crippen molar-refractivity contribution >= 4 is 39.1 Å². The zero-order valence-corrected chi connectivity index (χ0v) is 15.9. The Kier molecular flexibility index (Phi) is 5.16. The van der Waals surface area contributed by atoms with Crippen LogP contribution in [-0.4, -0.2) is 14.7 Å². The molecule has 1 atom stereocenters. The van der Waals surface area contributed by atoms with E-state index in [4.69, 9.17) is 23.2 Å². The van der Waals surface area contributed by atoms with Crippen molar-refractivity contribution in [2.75, 3.05) is 0 Å². The van der Waals surface area contributed by atoms with Gasteiger partial charge in [0.15, 0.2) is 4.73 Å². The summed E-state index contributed by atoms with van der Waals surface area (Å²) in [7, 11) is 0. The standard InChI is InChI=1S/C17H11BrCl2F2N2O/c1-8-15(16(25)11-4-2-9(21)6-12(11)19)24(17(18)23-8)14-5-3-10(22)7-13(14)20/h2-7,16,25H,1H3. The van der Waals surface area contributed by atoms with Gasteiger partial charge in [0.25, 0.3) is 0 Å². The number of halogens is 5. The van der Waals surface area contributed by atoms with E-state index in [-0.39, 0.29) is 10.0 Å². The minimum Gasteiger partial charge on any atom is -0.382 e. The molecule has 0 aliphatic carbocycles. The maximum absolute atomic E-state index is 13.4. The molecule has 1 heterocycles. The normalized spacial score (nSPS) is 12.4. The molecule has 0 saturated carbocycles. The van der Waals surface area contributed by atoms with E-state index in [1.165, 1.54) is 30.3 Å². The van der Waals surface area contributed by atoms with Gasteiger partial charge in [-0.25, -0.2) is 13.8 Å². The van der Waals surface area contributed by atoms with Gasteiger partial charge in [-0.3, -0.25) is 4.57 Å². The number of benzene rings is 2. The third-order valence-corrected chi connectivity index (χ3v) is 4.88. The van der Waals surface area contributed by atoms with Crippen LogP contribution < -0.4 is 0 Å². The van der Waals surface area contributed by atoms with E-state index in [0.717, 1.165) is 6.07 Å². The van der Waals surface area contributed by atoms with Crippen LogP contribution in [0.4, 0.5) is 8.78 Å². The first kappa shape index (κ1) is 18.3. The maximum Gasteiger partial charge on any atom is 0.182 e. The summed E-state index contributed by atoms with van der Waals surface area (Å²) in [6.45, 7) is 1.70. The molecule has 8 heteroatoms. The summed E-state index contributed by atoms with van der Waals surface area (Å²) in [6, 6.07) is 7.63. The second-order valence-corrected chi connectivity index (χ2v) is 6.87. The van der Waals surface area contributed by atoms with Crippen LogP contribution in [0.3, 0.4) is 0 Å². The van der Waals surface area contributed by atoms with Gasteiger partial charge in [0.2, 0.25) is 0 Å². The predicted octanol–water partition coefficient (Wildman–Crippen LogP) is 5.61.